The van der Waals surface area contributed by atoms with Crippen molar-refractivity contribution in [2.75, 3.05) is 25.1 Å². The van der Waals surface area contributed by atoms with Crippen LogP contribution in [0, 0.1) is 0 Å². The number of nitrogens with one attached hydrogen (secondary N) is 1. The first-order valence-corrected chi connectivity index (χ1v) is 5.78. The highest BCUT2D eigenvalue weighted by molar-refractivity contribution is 9.10. The highest BCUT2D eigenvalue weighted by atomic mass is 79.9. The molecule has 0 fully saturated rings. The summed E-state index contributed by atoms with van der Waals surface area (Å²) in [6.07, 6.45) is 1.39. The van der Waals surface area contributed by atoms with Gasteiger partial charge in [-0.1, -0.05) is 0 Å². The van der Waals surface area contributed by atoms with E-state index in [-0.39, 0.29) is 30.8 Å². The molecule has 1 aromatic rings. The average molecular weight is 308 g/mol. The molecule has 4 N–H and O–H groups in total. The fourth-order valence-corrected chi connectivity index (χ4v) is 1.61. The van der Waals surface area contributed by atoms with Crippen molar-refractivity contribution >= 4 is 21.6 Å². The van der Waals surface area contributed by atoms with Crippen LogP contribution in [0.1, 0.15) is 0 Å². The summed E-state index contributed by atoms with van der Waals surface area (Å²) in [6, 6.07) is -0.554. The average Bonchev–Trinajstić information content (AvgIpc) is 2.34. The van der Waals surface area contributed by atoms with Crippen molar-refractivity contribution in [2.45, 2.75) is 12.6 Å². The van der Waals surface area contributed by atoms with Gasteiger partial charge < -0.3 is 20.6 Å². The van der Waals surface area contributed by atoms with E-state index in [1.165, 1.54) is 6.20 Å². The number of aromatic nitrogens is 2. The zero-order chi connectivity index (χ0) is 12.8. The molecule has 7 nitrogen and oxygen atoms in total. The zero-order valence-electron chi connectivity index (χ0n) is 9.01. The second kappa shape index (κ2) is 6.70. The molecule has 0 atom stereocenters. The second-order valence-corrected chi connectivity index (χ2v) is 4.12. The number of rotatable bonds is 6. The summed E-state index contributed by atoms with van der Waals surface area (Å²) in [5.41, 5.74) is -0.00373. The van der Waals surface area contributed by atoms with E-state index in [0.717, 1.165) is 4.68 Å². The monoisotopic (exact) mass is 307 g/mol. The van der Waals surface area contributed by atoms with Gasteiger partial charge in [0.05, 0.1) is 44.3 Å². The van der Waals surface area contributed by atoms with Crippen LogP contribution in [0.5, 0.6) is 0 Å². The maximum absolute atomic E-state index is 11.7. The van der Waals surface area contributed by atoms with Gasteiger partial charge in [0, 0.05) is 0 Å². The lowest BCUT2D eigenvalue weighted by molar-refractivity contribution is 0.204. The van der Waals surface area contributed by atoms with E-state index in [0.29, 0.717) is 5.69 Å². The van der Waals surface area contributed by atoms with Crippen molar-refractivity contribution < 1.29 is 15.3 Å². The number of halogens is 1. The van der Waals surface area contributed by atoms with Crippen LogP contribution >= 0.6 is 15.9 Å². The molecule has 1 aromatic heterocycles. The first-order chi connectivity index (χ1) is 8.13. The molecule has 0 aromatic carbocycles. The highest BCUT2D eigenvalue weighted by Crippen LogP contribution is 2.16. The van der Waals surface area contributed by atoms with Crippen LogP contribution in [0.3, 0.4) is 0 Å². The predicted octanol–water partition coefficient (Wildman–Crippen LogP) is -1.24. The van der Waals surface area contributed by atoms with Crippen molar-refractivity contribution in [1.82, 2.24) is 9.78 Å². The molecule has 1 rings (SSSR count). The minimum Gasteiger partial charge on any atom is -0.394 e. The summed E-state index contributed by atoms with van der Waals surface area (Å²) in [5, 5.41) is 33.2. The molecule has 0 spiro atoms. The molecule has 0 unspecified atom stereocenters. The Labute approximate surface area is 106 Å². The minimum atomic E-state index is -0.554. The quantitative estimate of drug-likeness (QED) is 0.524. The van der Waals surface area contributed by atoms with Gasteiger partial charge in [-0.15, -0.1) is 0 Å². The minimum absolute atomic E-state index is 0.112. The number of hydrogen-bond donors (Lipinski definition) is 4. The summed E-state index contributed by atoms with van der Waals surface area (Å²) < 4.78 is 1.36. The van der Waals surface area contributed by atoms with Crippen LogP contribution < -0.4 is 10.9 Å². The van der Waals surface area contributed by atoms with Crippen LogP contribution in [-0.4, -0.2) is 51.0 Å². The zero-order valence-corrected chi connectivity index (χ0v) is 10.6. The first-order valence-electron chi connectivity index (χ1n) is 4.98. The van der Waals surface area contributed by atoms with Gasteiger partial charge in [-0.25, -0.2) is 4.68 Å². The Morgan fingerprint density at radius 2 is 2.06 bits per heavy atom. The van der Waals surface area contributed by atoms with E-state index in [1.54, 1.807) is 0 Å². The van der Waals surface area contributed by atoms with Crippen LogP contribution in [0.2, 0.25) is 0 Å². The Morgan fingerprint density at radius 1 is 1.41 bits per heavy atom. The molecular formula is C9H14BrN3O4. The van der Waals surface area contributed by atoms with E-state index >= 15 is 0 Å². The fourth-order valence-electron chi connectivity index (χ4n) is 1.19. The normalized spacial score (nSPS) is 10.9. The third kappa shape index (κ3) is 3.50. The Bertz CT molecular complexity index is 419. The maximum atomic E-state index is 11.7. The highest BCUT2D eigenvalue weighted by Gasteiger charge is 2.12. The van der Waals surface area contributed by atoms with Gasteiger partial charge in [-0.05, 0) is 15.9 Å². The second-order valence-electron chi connectivity index (χ2n) is 3.33. The Kier molecular flexibility index (Phi) is 5.56. The molecule has 0 saturated carbocycles. The maximum Gasteiger partial charge on any atom is 0.283 e. The van der Waals surface area contributed by atoms with Crippen LogP contribution in [0.4, 0.5) is 5.69 Å². The van der Waals surface area contributed by atoms with Crippen LogP contribution in [0.25, 0.3) is 0 Å². The summed E-state index contributed by atoms with van der Waals surface area (Å²) in [5.74, 6) is 0. The molecule has 0 amide bonds. The van der Waals surface area contributed by atoms with E-state index in [9.17, 15) is 4.79 Å². The van der Waals surface area contributed by atoms with Gasteiger partial charge in [-0.3, -0.25) is 4.79 Å². The van der Waals surface area contributed by atoms with Crippen LogP contribution in [-0.2, 0) is 6.54 Å². The van der Waals surface area contributed by atoms with Gasteiger partial charge in [0.15, 0.2) is 0 Å². The van der Waals surface area contributed by atoms with Crippen molar-refractivity contribution in [3.63, 3.8) is 0 Å². The van der Waals surface area contributed by atoms with Gasteiger partial charge in [-0.2, -0.15) is 5.10 Å². The molecule has 0 aliphatic heterocycles. The topological polar surface area (TPSA) is 108 Å². The lowest BCUT2D eigenvalue weighted by atomic mass is 10.3. The number of hydrogen-bond acceptors (Lipinski definition) is 6. The van der Waals surface area contributed by atoms with Gasteiger partial charge in [0.2, 0.25) is 0 Å². The van der Waals surface area contributed by atoms with Crippen LogP contribution in [0.15, 0.2) is 15.5 Å². The standard InChI is InChI=1S/C9H14BrN3O4/c10-8-7(12-6(4-15)5-16)3-11-13(1-2-14)9(8)17/h3,6,12,14-16H,1-2,4-5H2. The first kappa shape index (κ1) is 14.1. The van der Waals surface area contributed by atoms with Crippen molar-refractivity contribution in [1.29, 1.82) is 0 Å². The lowest BCUT2D eigenvalue weighted by Crippen LogP contribution is -2.31. The van der Waals surface area contributed by atoms with Crippen molar-refractivity contribution in [2.24, 2.45) is 0 Å². The molecule has 8 heteroatoms. The summed E-state index contributed by atoms with van der Waals surface area (Å²) in [7, 11) is 0. The molecule has 0 radical (unpaired) electrons. The van der Waals surface area contributed by atoms with Crippen molar-refractivity contribution in [3.8, 4) is 0 Å². The number of aliphatic hydroxyl groups excluding tert-OH is 3. The summed E-state index contributed by atoms with van der Waals surface area (Å²) >= 11 is 3.11. The van der Waals surface area contributed by atoms with E-state index in [2.05, 4.69) is 26.3 Å². The summed E-state index contributed by atoms with van der Waals surface area (Å²) in [6.45, 7) is -0.589. The lowest BCUT2D eigenvalue weighted by Gasteiger charge is -2.16. The Balaban J connectivity index is 2.96. The molecule has 96 valence electrons. The van der Waals surface area contributed by atoms with E-state index < -0.39 is 11.6 Å². The third-order valence-corrected chi connectivity index (χ3v) is 2.86. The Hall–Kier alpha value is -0.960. The molecular weight excluding hydrogens is 294 g/mol. The predicted molar refractivity (Wildman–Crippen MR) is 64.9 cm³/mol. The molecule has 0 aliphatic carbocycles. The van der Waals surface area contributed by atoms with E-state index in [4.69, 9.17) is 15.3 Å². The number of aliphatic hydroxyl groups is 3. The molecule has 17 heavy (non-hydrogen) atoms. The Morgan fingerprint density at radius 3 is 2.59 bits per heavy atom. The van der Waals surface area contributed by atoms with Gasteiger partial charge in [0.25, 0.3) is 5.56 Å². The fraction of sp³-hybridized carbons (Fsp3) is 0.556. The summed E-state index contributed by atoms with van der Waals surface area (Å²) in [4.78, 5) is 11.7. The van der Waals surface area contributed by atoms with E-state index in [1.807, 2.05) is 0 Å². The number of anilines is 1. The van der Waals surface area contributed by atoms with Gasteiger partial charge in [0.1, 0.15) is 4.47 Å². The molecule has 0 bridgehead atoms. The largest absolute Gasteiger partial charge is 0.394 e. The molecule has 1 heterocycles. The van der Waals surface area contributed by atoms with Crippen molar-refractivity contribution in [3.05, 3.63) is 21.0 Å². The molecule has 0 aliphatic rings. The SMILES string of the molecule is O=c1c(Br)c(NC(CO)CO)cnn1CCO. The number of nitrogens with zero attached hydrogens (tertiary/aromatic N) is 2. The molecule has 0 saturated heterocycles. The smallest absolute Gasteiger partial charge is 0.283 e. The van der Waals surface area contributed by atoms with Gasteiger partial charge >= 0.3 is 0 Å². The third-order valence-electron chi connectivity index (χ3n) is 2.10.